The van der Waals surface area contributed by atoms with E-state index in [4.69, 9.17) is 14.0 Å². The van der Waals surface area contributed by atoms with Crippen LogP contribution in [0.1, 0.15) is 13.8 Å². The summed E-state index contributed by atoms with van der Waals surface area (Å²) in [7, 11) is 1.56. The van der Waals surface area contributed by atoms with Crippen molar-refractivity contribution in [3.8, 4) is 34.6 Å². The molecule has 1 aromatic carbocycles. The van der Waals surface area contributed by atoms with Crippen LogP contribution in [0.15, 0.2) is 53.2 Å². The van der Waals surface area contributed by atoms with E-state index in [-0.39, 0.29) is 6.10 Å². The number of rotatable bonds is 5. The average molecular weight is 362 g/mol. The molecule has 3 heterocycles. The van der Waals surface area contributed by atoms with E-state index in [0.29, 0.717) is 23.3 Å². The third-order valence-corrected chi connectivity index (χ3v) is 3.88. The number of hydrogen-bond acceptors (Lipinski definition) is 7. The van der Waals surface area contributed by atoms with Crippen LogP contribution < -0.4 is 9.47 Å². The summed E-state index contributed by atoms with van der Waals surface area (Å²) >= 11 is 0. The lowest BCUT2D eigenvalue weighted by Gasteiger charge is -2.10. The van der Waals surface area contributed by atoms with Gasteiger partial charge < -0.3 is 14.0 Å². The summed E-state index contributed by atoms with van der Waals surface area (Å²) in [6, 6.07) is 13.1. The summed E-state index contributed by atoms with van der Waals surface area (Å²) in [6.45, 7) is 4.00. The van der Waals surface area contributed by atoms with E-state index >= 15 is 0 Å². The minimum atomic E-state index is 0.124. The van der Waals surface area contributed by atoms with E-state index in [0.717, 1.165) is 22.2 Å². The Kier molecular flexibility index (Phi) is 4.42. The summed E-state index contributed by atoms with van der Waals surface area (Å²) in [4.78, 5) is 13.1. The number of hydrogen-bond donors (Lipinski definition) is 0. The molecule has 0 aliphatic heterocycles. The van der Waals surface area contributed by atoms with Gasteiger partial charge >= 0.3 is 0 Å². The number of nitrogens with zero attached hydrogens (tertiary/aromatic N) is 4. The van der Waals surface area contributed by atoms with Crippen molar-refractivity contribution < 1.29 is 14.0 Å². The van der Waals surface area contributed by atoms with Gasteiger partial charge in [0.1, 0.15) is 11.4 Å². The van der Waals surface area contributed by atoms with Gasteiger partial charge in [0.15, 0.2) is 0 Å². The van der Waals surface area contributed by atoms with Gasteiger partial charge in [-0.3, -0.25) is 0 Å². The molecule has 0 N–H and O–H groups in total. The lowest BCUT2D eigenvalue weighted by atomic mass is 10.2. The molecule has 3 aromatic heterocycles. The third-order valence-electron chi connectivity index (χ3n) is 3.88. The minimum absolute atomic E-state index is 0.124. The highest BCUT2D eigenvalue weighted by Gasteiger charge is 2.13. The van der Waals surface area contributed by atoms with Crippen LogP contribution in [-0.4, -0.2) is 33.3 Å². The van der Waals surface area contributed by atoms with Gasteiger partial charge in [-0.1, -0.05) is 11.2 Å². The molecule has 7 heteroatoms. The van der Waals surface area contributed by atoms with Gasteiger partial charge in [0.2, 0.25) is 11.7 Å². The molecule has 0 unspecified atom stereocenters. The molecule has 27 heavy (non-hydrogen) atoms. The second-order valence-electron chi connectivity index (χ2n) is 6.23. The molecular formula is C20H18N4O3. The van der Waals surface area contributed by atoms with Crippen molar-refractivity contribution in [2.45, 2.75) is 20.0 Å². The number of fused-ring (bicyclic) bond motifs is 1. The fourth-order valence-corrected chi connectivity index (χ4v) is 2.67. The molecule has 136 valence electrons. The Morgan fingerprint density at radius 2 is 1.89 bits per heavy atom. The highest BCUT2D eigenvalue weighted by Crippen LogP contribution is 2.26. The Hall–Kier alpha value is -3.48. The molecule has 7 nitrogen and oxygen atoms in total. The van der Waals surface area contributed by atoms with Crippen LogP contribution in [0, 0.1) is 0 Å². The average Bonchev–Trinajstić information content (AvgIpc) is 3.17. The highest BCUT2D eigenvalue weighted by atomic mass is 16.5. The number of ether oxygens (including phenoxy) is 2. The topological polar surface area (TPSA) is 83.2 Å². The fourth-order valence-electron chi connectivity index (χ4n) is 2.67. The van der Waals surface area contributed by atoms with Gasteiger partial charge in [0.05, 0.1) is 18.7 Å². The summed E-state index contributed by atoms with van der Waals surface area (Å²) in [5.41, 5.74) is 2.20. The van der Waals surface area contributed by atoms with E-state index in [9.17, 15) is 0 Å². The van der Waals surface area contributed by atoms with Gasteiger partial charge in [-0.25, -0.2) is 9.97 Å². The van der Waals surface area contributed by atoms with Crippen molar-refractivity contribution in [2.75, 3.05) is 7.11 Å². The molecule has 0 spiro atoms. The van der Waals surface area contributed by atoms with E-state index in [1.54, 1.807) is 25.4 Å². The van der Waals surface area contributed by atoms with Gasteiger partial charge in [-0.05, 0) is 44.2 Å². The largest absolute Gasteiger partial charge is 0.491 e. The molecule has 4 rings (SSSR count). The molecule has 0 saturated carbocycles. The molecule has 0 atom stereocenters. The predicted molar refractivity (Wildman–Crippen MR) is 101 cm³/mol. The Labute approximate surface area is 156 Å². The van der Waals surface area contributed by atoms with Gasteiger partial charge in [0.25, 0.3) is 5.89 Å². The fraction of sp³-hybridized carbons (Fsp3) is 0.200. The maximum Gasteiger partial charge on any atom is 0.258 e. The van der Waals surface area contributed by atoms with Crippen LogP contribution in [0.2, 0.25) is 0 Å². The van der Waals surface area contributed by atoms with E-state index in [1.807, 2.05) is 44.2 Å². The third kappa shape index (κ3) is 3.57. The minimum Gasteiger partial charge on any atom is -0.491 e. The first-order valence-corrected chi connectivity index (χ1v) is 8.54. The second kappa shape index (κ2) is 7.03. The van der Waals surface area contributed by atoms with Gasteiger partial charge in [-0.2, -0.15) is 4.98 Å². The van der Waals surface area contributed by atoms with Crippen molar-refractivity contribution >= 4 is 10.9 Å². The first-order valence-electron chi connectivity index (χ1n) is 8.54. The summed E-state index contributed by atoms with van der Waals surface area (Å²) < 4.78 is 16.2. The van der Waals surface area contributed by atoms with Crippen molar-refractivity contribution in [3.05, 3.63) is 48.7 Å². The van der Waals surface area contributed by atoms with Crippen molar-refractivity contribution in [3.63, 3.8) is 0 Å². The molecule has 0 fully saturated rings. The van der Waals surface area contributed by atoms with E-state index in [1.165, 1.54) is 0 Å². The number of aromatic nitrogens is 4. The van der Waals surface area contributed by atoms with Crippen LogP contribution in [0.3, 0.4) is 0 Å². The zero-order chi connectivity index (χ0) is 18.8. The van der Waals surface area contributed by atoms with Crippen LogP contribution in [0.25, 0.3) is 33.9 Å². The predicted octanol–water partition coefficient (Wildman–Crippen LogP) is 4.14. The molecule has 0 bridgehead atoms. The normalized spacial score (nSPS) is 11.1. The first-order chi connectivity index (χ1) is 13.1. The maximum absolute atomic E-state index is 5.73. The van der Waals surface area contributed by atoms with Gasteiger partial charge in [-0.15, -0.1) is 0 Å². The zero-order valence-electron chi connectivity index (χ0n) is 15.2. The van der Waals surface area contributed by atoms with Crippen LogP contribution in [-0.2, 0) is 0 Å². The Morgan fingerprint density at radius 1 is 1.00 bits per heavy atom. The first kappa shape index (κ1) is 17.0. The van der Waals surface area contributed by atoms with Crippen molar-refractivity contribution in [1.82, 2.24) is 20.1 Å². The molecule has 0 amide bonds. The van der Waals surface area contributed by atoms with Crippen molar-refractivity contribution in [2.24, 2.45) is 0 Å². The molecule has 4 aromatic rings. The van der Waals surface area contributed by atoms with Crippen LogP contribution in [0.4, 0.5) is 0 Å². The SMILES string of the molecule is COc1cc(-c2nc(-c3ccc4cc(OC(C)C)ccc4n3)no2)ccn1. The smallest absolute Gasteiger partial charge is 0.258 e. The Morgan fingerprint density at radius 3 is 2.70 bits per heavy atom. The quantitative estimate of drug-likeness (QED) is 0.527. The van der Waals surface area contributed by atoms with E-state index in [2.05, 4.69) is 20.1 Å². The monoisotopic (exact) mass is 362 g/mol. The molecular weight excluding hydrogens is 344 g/mol. The zero-order valence-corrected chi connectivity index (χ0v) is 15.2. The molecule has 0 saturated heterocycles. The lowest BCUT2D eigenvalue weighted by Crippen LogP contribution is -2.05. The maximum atomic E-state index is 5.73. The van der Waals surface area contributed by atoms with Gasteiger partial charge in [0, 0.05) is 23.2 Å². The second-order valence-corrected chi connectivity index (χ2v) is 6.23. The van der Waals surface area contributed by atoms with E-state index < -0.39 is 0 Å². The van der Waals surface area contributed by atoms with Crippen LogP contribution >= 0.6 is 0 Å². The lowest BCUT2D eigenvalue weighted by molar-refractivity contribution is 0.243. The standard InChI is InChI=1S/C20H18N4O3/c1-12(2)26-15-5-7-16-13(10-15)4-6-17(22-16)19-23-20(27-24-19)14-8-9-21-18(11-14)25-3/h4-12H,1-3H3. The Bertz CT molecular complexity index is 1090. The molecule has 0 radical (unpaired) electrons. The number of benzene rings is 1. The molecule has 0 aliphatic rings. The van der Waals surface area contributed by atoms with Crippen LogP contribution in [0.5, 0.6) is 11.6 Å². The summed E-state index contributed by atoms with van der Waals surface area (Å²) in [6.07, 6.45) is 1.75. The Balaban J connectivity index is 1.65. The molecule has 0 aliphatic carbocycles. The number of pyridine rings is 2. The highest BCUT2D eigenvalue weighted by molar-refractivity contribution is 5.82. The van der Waals surface area contributed by atoms with Crippen molar-refractivity contribution in [1.29, 1.82) is 0 Å². The number of methoxy groups -OCH3 is 1. The summed E-state index contributed by atoms with van der Waals surface area (Å²) in [5, 5.41) is 5.03. The summed E-state index contributed by atoms with van der Waals surface area (Å²) in [5.74, 6) is 2.11.